The van der Waals surface area contributed by atoms with Gasteiger partial charge in [0.25, 0.3) is 5.92 Å². The molecule has 0 aromatic heterocycles. The minimum atomic E-state index is -2.54. The molecular formula is C20H30F2. The van der Waals surface area contributed by atoms with Crippen molar-refractivity contribution in [2.75, 3.05) is 0 Å². The fourth-order valence-electron chi connectivity index (χ4n) is 3.69. The standard InChI is InChI=1S/C20H30F2/c1-3-5-7-16-9-12-18(13-10-16)19-14-11-17(8-6-4-2)15-20(19,21)22/h9-10,12-13,17,19H,3-8,11,14-15H2,1-2H3. The molecule has 0 saturated heterocycles. The molecule has 2 heteroatoms. The largest absolute Gasteiger partial charge is 0.255 e. The number of hydrogen-bond acceptors (Lipinski definition) is 0. The Hall–Kier alpha value is -0.920. The molecule has 1 aromatic rings. The minimum Gasteiger partial charge on any atom is -0.206 e. The summed E-state index contributed by atoms with van der Waals surface area (Å²) in [5.74, 6) is -2.90. The SMILES string of the molecule is CCCCc1ccc(C2CCC(CCCC)CC2(F)F)cc1. The van der Waals surface area contributed by atoms with Crippen molar-refractivity contribution in [1.29, 1.82) is 0 Å². The average molecular weight is 308 g/mol. The second kappa shape index (κ2) is 8.08. The summed E-state index contributed by atoms with van der Waals surface area (Å²) in [6.07, 6.45) is 8.20. The van der Waals surface area contributed by atoms with Crippen LogP contribution in [0.5, 0.6) is 0 Å². The second-order valence-electron chi connectivity index (χ2n) is 6.95. The van der Waals surface area contributed by atoms with Gasteiger partial charge in [0.2, 0.25) is 0 Å². The van der Waals surface area contributed by atoms with Crippen LogP contribution in [0.1, 0.15) is 82.3 Å². The molecule has 124 valence electrons. The summed E-state index contributed by atoms with van der Waals surface area (Å²) in [6.45, 7) is 4.30. The zero-order valence-electron chi connectivity index (χ0n) is 14.1. The van der Waals surface area contributed by atoms with E-state index in [0.29, 0.717) is 6.42 Å². The monoisotopic (exact) mass is 308 g/mol. The van der Waals surface area contributed by atoms with E-state index in [9.17, 15) is 8.78 Å². The summed E-state index contributed by atoms with van der Waals surface area (Å²) in [5, 5.41) is 0. The number of alkyl halides is 2. The van der Waals surface area contributed by atoms with Gasteiger partial charge in [-0.3, -0.25) is 0 Å². The molecule has 1 aliphatic carbocycles. The van der Waals surface area contributed by atoms with Crippen molar-refractivity contribution in [3.63, 3.8) is 0 Å². The highest BCUT2D eigenvalue weighted by molar-refractivity contribution is 5.27. The Morgan fingerprint density at radius 3 is 2.27 bits per heavy atom. The molecule has 22 heavy (non-hydrogen) atoms. The normalized spacial score (nSPS) is 24.4. The lowest BCUT2D eigenvalue weighted by Crippen LogP contribution is -2.34. The van der Waals surface area contributed by atoms with Crippen LogP contribution in [0.2, 0.25) is 0 Å². The molecular weight excluding hydrogens is 278 g/mol. The van der Waals surface area contributed by atoms with Gasteiger partial charge in [-0.05, 0) is 42.7 Å². The van der Waals surface area contributed by atoms with Crippen LogP contribution >= 0.6 is 0 Å². The molecule has 0 bridgehead atoms. The predicted molar refractivity (Wildman–Crippen MR) is 89.6 cm³/mol. The van der Waals surface area contributed by atoms with Crippen LogP contribution in [-0.4, -0.2) is 5.92 Å². The van der Waals surface area contributed by atoms with Crippen LogP contribution in [0.4, 0.5) is 8.78 Å². The van der Waals surface area contributed by atoms with Crippen molar-refractivity contribution in [3.05, 3.63) is 35.4 Å². The number of unbranched alkanes of at least 4 members (excludes halogenated alkanes) is 2. The van der Waals surface area contributed by atoms with Gasteiger partial charge in [0, 0.05) is 12.3 Å². The zero-order chi connectivity index (χ0) is 16.0. The Labute approximate surface area is 134 Å². The number of hydrogen-bond donors (Lipinski definition) is 0. The molecule has 0 aliphatic heterocycles. The smallest absolute Gasteiger partial charge is 0.206 e. The lowest BCUT2D eigenvalue weighted by Gasteiger charge is -2.36. The zero-order valence-corrected chi connectivity index (χ0v) is 14.1. The molecule has 2 atom stereocenters. The molecule has 0 heterocycles. The van der Waals surface area contributed by atoms with Gasteiger partial charge >= 0.3 is 0 Å². The highest BCUT2D eigenvalue weighted by Gasteiger charge is 2.45. The Morgan fingerprint density at radius 1 is 1.00 bits per heavy atom. The van der Waals surface area contributed by atoms with Crippen molar-refractivity contribution in [2.45, 2.75) is 83.5 Å². The van der Waals surface area contributed by atoms with Gasteiger partial charge in [-0.25, -0.2) is 8.78 Å². The first-order valence-electron chi connectivity index (χ1n) is 9.03. The van der Waals surface area contributed by atoms with Crippen LogP contribution in [-0.2, 0) is 6.42 Å². The van der Waals surface area contributed by atoms with Crippen LogP contribution in [0, 0.1) is 5.92 Å². The number of aryl methyl sites for hydroxylation is 1. The summed E-state index contributed by atoms with van der Waals surface area (Å²) < 4.78 is 29.1. The first kappa shape index (κ1) is 17.4. The van der Waals surface area contributed by atoms with E-state index in [2.05, 4.69) is 13.8 Å². The molecule has 0 radical (unpaired) electrons. The molecule has 1 saturated carbocycles. The summed E-state index contributed by atoms with van der Waals surface area (Å²) in [4.78, 5) is 0. The fraction of sp³-hybridized carbons (Fsp3) is 0.700. The maximum absolute atomic E-state index is 14.5. The van der Waals surface area contributed by atoms with Crippen LogP contribution < -0.4 is 0 Å². The van der Waals surface area contributed by atoms with Crippen LogP contribution in [0.25, 0.3) is 0 Å². The molecule has 2 rings (SSSR count). The molecule has 0 nitrogen and oxygen atoms in total. The molecule has 2 unspecified atom stereocenters. The predicted octanol–water partition coefficient (Wildman–Crippen LogP) is 6.74. The Morgan fingerprint density at radius 2 is 1.68 bits per heavy atom. The molecule has 1 fully saturated rings. The van der Waals surface area contributed by atoms with Gasteiger partial charge < -0.3 is 0 Å². The third-order valence-electron chi connectivity index (χ3n) is 5.10. The maximum atomic E-state index is 14.5. The summed E-state index contributed by atoms with van der Waals surface area (Å²) in [7, 11) is 0. The van der Waals surface area contributed by atoms with E-state index in [1.54, 1.807) is 0 Å². The maximum Gasteiger partial charge on any atom is 0.255 e. The topological polar surface area (TPSA) is 0 Å². The molecule has 0 amide bonds. The van der Waals surface area contributed by atoms with E-state index in [1.165, 1.54) is 12.0 Å². The first-order valence-corrected chi connectivity index (χ1v) is 9.03. The number of rotatable bonds is 7. The van der Waals surface area contributed by atoms with E-state index < -0.39 is 11.8 Å². The fourth-order valence-corrected chi connectivity index (χ4v) is 3.69. The van der Waals surface area contributed by atoms with E-state index >= 15 is 0 Å². The van der Waals surface area contributed by atoms with E-state index in [0.717, 1.165) is 44.1 Å². The average Bonchev–Trinajstić information content (AvgIpc) is 2.51. The Kier molecular flexibility index (Phi) is 6.40. The van der Waals surface area contributed by atoms with Crippen molar-refractivity contribution in [2.24, 2.45) is 5.92 Å². The molecule has 1 aromatic carbocycles. The van der Waals surface area contributed by atoms with Gasteiger partial charge in [-0.15, -0.1) is 0 Å². The van der Waals surface area contributed by atoms with Crippen molar-refractivity contribution >= 4 is 0 Å². The highest BCUT2D eigenvalue weighted by Crippen LogP contribution is 2.48. The molecule has 0 spiro atoms. The third kappa shape index (κ3) is 4.54. The molecule has 1 aliphatic rings. The van der Waals surface area contributed by atoms with Gasteiger partial charge in [-0.2, -0.15) is 0 Å². The first-order chi connectivity index (χ1) is 10.6. The van der Waals surface area contributed by atoms with Crippen molar-refractivity contribution in [3.8, 4) is 0 Å². The Bertz CT molecular complexity index is 436. The van der Waals surface area contributed by atoms with Gasteiger partial charge in [0.15, 0.2) is 0 Å². The van der Waals surface area contributed by atoms with Crippen molar-refractivity contribution in [1.82, 2.24) is 0 Å². The highest BCUT2D eigenvalue weighted by atomic mass is 19.3. The lowest BCUT2D eigenvalue weighted by molar-refractivity contribution is -0.0737. The van der Waals surface area contributed by atoms with Crippen LogP contribution in [0.3, 0.4) is 0 Å². The number of benzene rings is 1. The summed E-state index contributed by atoms with van der Waals surface area (Å²) >= 11 is 0. The summed E-state index contributed by atoms with van der Waals surface area (Å²) in [6, 6.07) is 7.97. The minimum absolute atomic E-state index is 0.0786. The van der Waals surface area contributed by atoms with Crippen molar-refractivity contribution < 1.29 is 8.78 Å². The third-order valence-corrected chi connectivity index (χ3v) is 5.10. The Balaban J connectivity index is 1.99. The van der Waals surface area contributed by atoms with Gasteiger partial charge in [-0.1, -0.05) is 63.8 Å². The molecule has 0 N–H and O–H groups in total. The lowest BCUT2D eigenvalue weighted by atomic mass is 9.74. The van der Waals surface area contributed by atoms with Gasteiger partial charge in [0.1, 0.15) is 0 Å². The number of halogens is 2. The van der Waals surface area contributed by atoms with E-state index in [-0.39, 0.29) is 12.3 Å². The quantitative estimate of drug-likeness (QED) is 0.523. The van der Waals surface area contributed by atoms with Crippen LogP contribution in [0.15, 0.2) is 24.3 Å². The second-order valence-corrected chi connectivity index (χ2v) is 6.95. The van der Waals surface area contributed by atoms with E-state index in [1.807, 2.05) is 24.3 Å². The van der Waals surface area contributed by atoms with Gasteiger partial charge in [0.05, 0.1) is 0 Å². The van der Waals surface area contributed by atoms with E-state index in [4.69, 9.17) is 0 Å². The summed E-state index contributed by atoms with van der Waals surface area (Å²) in [5.41, 5.74) is 2.10.